The molecule has 1 unspecified atom stereocenters. The Kier molecular flexibility index (Phi) is 3.88. The van der Waals surface area contributed by atoms with Crippen LogP contribution in [0.5, 0.6) is 0 Å². The zero-order valence-corrected chi connectivity index (χ0v) is 9.70. The van der Waals surface area contributed by atoms with Gasteiger partial charge >= 0.3 is 0 Å². The number of β-amino-alcohol motifs (C(OH)–C–C–N with tert-alkyl or cyclic N) is 1. The quantitative estimate of drug-likeness (QED) is 0.847. The van der Waals surface area contributed by atoms with Gasteiger partial charge in [0.1, 0.15) is 11.6 Å². The van der Waals surface area contributed by atoms with Crippen molar-refractivity contribution < 1.29 is 18.7 Å². The molecule has 0 bridgehead atoms. The molecule has 1 aliphatic rings. The fourth-order valence-corrected chi connectivity index (χ4v) is 1.94. The fraction of sp³-hybridized carbons (Fsp3) is 0.417. The number of aliphatic hydroxyl groups excluding tert-OH is 1. The summed E-state index contributed by atoms with van der Waals surface area (Å²) in [5, 5.41) is 11.6. The molecule has 2 N–H and O–H groups in total. The van der Waals surface area contributed by atoms with Crippen molar-refractivity contribution in [1.29, 1.82) is 0 Å². The number of anilines is 1. The summed E-state index contributed by atoms with van der Waals surface area (Å²) < 4.78 is 26.2. The van der Waals surface area contributed by atoms with E-state index < -0.39 is 23.6 Å². The molecule has 1 saturated heterocycles. The van der Waals surface area contributed by atoms with Crippen LogP contribution < -0.4 is 5.32 Å². The molecule has 1 amide bonds. The molecule has 1 aromatic carbocycles. The Balaban J connectivity index is 1.92. The highest BCUT2D eigenvalue weighted by Gasteiger charge is 2.22. The predicted octanol–water partition coefficient (Wildman–Crippen LogP) is 0.970. The second kappa shape index (κ2) is 5.41. The highest BCUT2D eigenvalue weighted by molar-refractivity contribution is 5.92. The summed E-state index contributed by atoms with van der Waals surface area (Å²) in [5.74, 6) is -1.71. The van der Waals surface area contributed by atoms with Crippen LogP contribution in [-0.4, -0.2) is 41.7 Å². The van der Waals surface area contributed by atoms with Gasteiger partial charge in [-0.3, -0.25) is 9.69 Å². The molecule has 4 nitrogen and oxygen atoms in total. The first-order valence-electron chi connectivity index (χ1n) is 5.70. The van der Waals surface area contributed by atoms with E-state index in [1.807, 2.05) is 0 Å². The average molecular weight is 256 g/mol. The first kappa shape index (κ1) is 12.9. The first-order valence-corrected chi connectivity index (χ1v) is 5.70. The third-order valence-corrected chi connectivity index (χ3v) is 2.82. The summed E-state index contributed by atoms with van der Waals surface area (Å²) in [4.78, 5) is 13.4. The van der Waals surface area contributed by atoms with Gasteiger partial charge in [0.25, 0.3) is 0 Å². The molecule has 0 aliphatic carbocycles. The van der Waals surface area contributed by atoms with Crippen molar-refractivity contribution in [2.45, 2.75) is 12.5 Å². The third kappa shape index (κ3) is 3.24. The maximum atomic E-state index is 13.3. The predicted molar refractivity (Wildman–Crippen MR) is 62.1 cm³/mol. The van der Waals surface area contributed by atoms with Gasteiger partial charge in [-0.2, -0.15) is 0 Å². The van der Waals surface area contributed by atoms with Gasteiger partial charge in [0, 0.05) is 19.2 Å². The number of hydrogen-bond donors (Lipinski definition) is 2. The molecule has 2 rings (SSSR count). The van der Waals surface area contributed by atoms with Gasteiger partial charge in [-0.05, 0) is 18.6 Å². The number of nitrogens with one attached hydrogen (secondary N) is 1. The molecule has 1 aromatic rings. The maximum absolute atomic E-state index is 13.3. The minimum atomic E-state index is -0.675. The number of aliphatic hydroxyl groups is 1. The first-order chi connectivity index (χ1) is 8.54. The van der Waals surface area contributed by atoms with Crippen molar-refractivity contribution in [2.75, 3.05) is 25.0 Å². The fourth-order valence-electron chi connectivity index (χ4n) is 1.94. The van der Waals surface area contributed by atoms with Crippen LogP contribution in [0.1, 0.15) is 6.42 Å². The van der Waals surface area contributed by atoms with E-state index in [1.165, 1.54) is 0 Å². The lowest BCUT2D eigenvalue weighted by Gasteiger charge is -2.14. The Hall–Kier alpha value is -1.53. The standard InChI is InChI=1S/C12H14F2N2O2/c13-8-1-2-10(14)11(5-8)15-12(18)7-16-4-3-9(17)6-16/h1-2,5,9,17H,3-4,6-7H2,(H,15,18). The summed E-state index contributed by atoms with van der Waals surface area (Å²) in [5.41, 5.74) is -0.167. The van der Waals surface area contributed by atoms with E-state index in [4.69, 9.17) is 0 Å². The lowest BCUT2D eigenvalue weighted by molar-refractivity contribution is -0.117. The Morgan fingerprint density at radius 2 is 2.28 bits per heavy atom. The van der Waals surface area contributed by atoms with Crippen LogP contribution in [0.25, 0.3) is 0 Å². The molecule has 1 aliphatic heterocycles. The van der Waals surface area contributed by atoms with Crippen molar-refractivity contribution in [2.24, 2.45) is 0 Å². The van der Waals surface area contributed by atoms with Crippen LogP contribution in [0.3, 0.4) is 0 Å². The van der Waals surface area contributed by atoms with Crippen LogP contribution in [0, 0.1) is 11.6 Å². The van der Waals surface area contributed by atoms with Crippen LogP contribution in [0.2, 0.25) is 0 Å². The number of nitrogens with zero attached hydrogens (tertiary/aromatic N) is 1. The topological polar surface area (TPSA) is 52.6 Å². The molecule has 1 heterocycles. The number of benzene rings is 1. The molecule has 0 spiro atoms. The van der Waals surface area contributed by atoms with Crippen LogP contribution in [0.15, 0.2) is 18.2 Å². The highest BCUT2D eigenvalue weighted by Crippen LogP contribution is 2.15. The zero-order valence-electron chi connectivity index (χ0n) is 9.70. The Labute approximate surface area is 103 Å². The maximum Gasteiger partial charge on any atom is 0.238 e. The number of likely N-dealkylation sites (tertiary alicyclic amines) is 1. The van der Waals surface area contributed by atoms with E-state index in [-0.39, 0.29) is 12.2 Å². The minimum Gasteiger partial charge on any atom is -0.392 e. The van der Waals surface area contributed by atoms with Gasteiger partial charge in [0.15, 0.2) is 0 Å². The van der Waals surface area contributed by atoms with Crippen LogP contribution in [0.4, 0.5) is 14.5 Å². The largest absolute Gasteiger partial charge is 0.392 e. The van der Waals surface area contributed by atoms with E-state index in [0.717, 1.165) is 18.2 Å². The van der Waals surface area contributed by atoms with Crippen molar-refractivity contribution >= 4 is 11.6 Å². The smallest absolute Gasteiger partial charge is 0.238 e. The van der Waals surface area contributed by atoms with Gasteiger partial charge in [-0.25, -0.2) is 8.78 Å². The lowest BCUT2D eigenvalue weighted by atomic mass is 10.3. The van der Waals surface area contributed by atoms with Crippen molar-refractivity contribution in [3.05, 3.63) is 29.8 Å². The number of amides is 1. The molecule has 0 radical (unpaired) electrons. The summed E-state index contributed by atoms with van der Waals surface area (Å²) in [6.45, 7) is 1.12. The SMILES string of the molecule is O=C(CN1CCC(O)C1)Nc1cc(F)ccc1F. The van der Waals surface area contributed by atoms with Gasteiger partial charge in [-0.1, -0.05) is 0 Å². The third-order valence-electron chi connectivity index (χ3n) is 2.82. The molecule has 1 atom stereocenters. The lowest BCUT2D eigenvalue weighted by Crippen LogP contribution is -2.32. The second-order valence-electron chi connectivity index (χ2n) is 4.35. The molecule has 6 heteroatoms. The van der Waals surface area contributed by atoms with Crippen LogP contribution in [-0.2, 0) is 4.79 Å². The van der Waals surface area contributed by atoms with Crippen molar-refractivity contribution in [3.8, 4) is 0 Å². The summed E-state index contributed by atoms with van der Waals surface area (Å²) >= 11 is 0. The van der Waals surface area contributed by atoms with Gasteiger partial charge in [-0.15, -0.1) is 0 Å². The van der Waals surface area contributed by atoms with Gasteiger partial charge in [0.2, 0.25) is 5.91 Å². The van der Waals surface area contributed by atoms with Crippen molar-refractivity contribution in [1.82, 2.24) is 4.90 Å². The summed E-state index contributed by atoms with van der Waals surface area (Å²) in [7, 11) is 0. The molecule has 18 heavy (non-hydrogen) atoms. The highest BCUT2D eigenvalue weighted by atomic mass is 19.1. The number of carbonyl (C=O) groups excluding carboxylic acids is 1. The van der Waals surface area contributed by atoms with E-state index >= 15 is 0 Å². The Morgan fingerprint density at radius 3 is 2.94 bits per heavy atom. The number of halogens is 2. The van der Waals surface area contributed by atoms with E-state index in [0.29, 0.717) is 19.5 Å². The molecule has 0 aromatic heterocycles. The second-order valence-corrected chi connectivity index (χ2v) is 4.35. The number of carbonyl (C=O) groups is 1. The van der Waals surface area contributed by atoms with E-state index in [2.05, 4.69) is 5.32 Å². The van der Waals surface area contributed by atoms with E-state index in [9.17, 15) is 18.7 Å². The minimum absolute atomic E-state index is 0.0625. The average Bonchev–Trinajstić information content (AvgIpc) is 2.69. The van der Waals surface area contributed by atoms with E-state index in [1.54, 1.807) is 4.90 Å². The summed E-state index contributed by atoms with van der Waals surface area (Å²) in [6.07, 6.45) is 0.213. The number of rotatable bonds is 3. The Bertz CT molecular complexity index is 454. The van der Waals surface area contributed by atoms with Gasteiger partial charge < -0.3 is 10.4 Å². The zero-order chi connectivity index (χ0) is 13.1. The normalized spacial score (nSPS) is 20.1. The molecular weight excluding hydrogens is 242 g/mol. The van der Waals surface area contributed by atoms with Crippen molar-refractivity contribution in [3.63, 3.8) is 0 Å². The molecule has 0 saturated carbocycles. The van der Waals surface area contributed by atoms with Crippen LogP contribution >= 0.6 is 0 Å². The van der Waals surface area contributed by atoms with Gasteiger partial charge in [0.05, 0.1) is 18.3 Å². The summed E-state index contributed by atoms with van der Waals surface area (Å²) in [6, 6.07) is 2.89. The molecule has 98 valence electrons. The number of hydrogen-bond acceptors (Lipinski definition) is 3. The molecule has 1 fully saturated rings. The Morgan fingerprint density at radius 1 is 1.50 bits per heavy atom. The monoisotopic (exact) mass is 256 g/mol. The molecular formula is C12H14F2N2O2.